The van der Waals surface area contributed by atoms with E-state index in [1.54, 1.807) is 0 Å². The highest BCUT2D eigenvalue weighted by Gasteiger charge is 2.07. The Kier molecular flexibility index (Phi) is 3.83. The first-order chi connectivity index (χ1) is 6.63. The monoisotopic (exact) mass is 210 g/mol. The molecule has 1 rings (SSSR count). The van der Waals surface area contributed by atoms with Gasteiger partial charge < -0.3 is 10.0 Å². The van der Waals surface area contributed by atoms with Gasteiger partial charge in [-0.25, -0.2) is 0 Å². The molecule has 3 nitrogen and oxygen atoms in total. The zero-order chi connectivity index (χ0) is 10.6. The Hall–Kier alpha value is -1.16. The van der Waals surface area contributed by atoms with Gasteiger partial charge in [-0.3, -0.25) is 4.79 Å². The summed E-state index contributed by atoms with van der Waals surface area (Å²) >= 11 is 1.49. The van der Waals surface area contributed by atoms with Crippen LogP contribution in [0.1, 0.15) is 5.56 Å². The maximum absolute atomic E-state index is 10.8. The number of anilines is 1. The van der Waals surface area contributed by atoms with Crippen molar-refractivity contribution in [2.45, 2.75) is 6.92 Å². The summed E-state index contributed by atoms with van der Waals surface area (Å²) in [4.78, 5) is 10.8. The Bertz CT molecular complexity index is 328. The Morgan fingerprint density at radius 1 is 1.57 bits per heavy atom. The summed E-state index contributed by atoms with van der Waals surface area (Å²) in [5.41, 5.74) is 7.33. The van der Waals surface area contributed by atoms with Crippen molar-refractivity contribution in [3.05, 3.63) is 29.8 Å². The fourth-order valence-electron chi connectivity index (χ4n) is 1.19. The Morgan fingerprint density at radius 3 is 2.79 bits per heavy atom. The third kappa shape index (κ3) is 2.96. The molecule has 0 radical (unpaired) electrons. The van der Waals surface area contributed by atoms with E-state index in [2.05, 4.69) is 0 Å². The molecule has 0 heterocycles. The predicted molar refractivity (Wildman–Crippen MR) is 61.2 cm³/mol. The summed E-state index contributed by atoms with van der Waals surface area (Å²) in [5.74, 6) is -0.319. The van der Waals surface area contributed by atoms with Crippen molar-refractivity contribution < 1.29 is 4.79 Å². The SMILES string of the molecule is CSN(CC(N)=O)c1cccc(C)c1. The van der Waals surface area contributed by atoms with Gasteiger partial charge in [0.25, 0.3) is 0 Å². The first-order valence-corrected chi connectivity index (χ1v) is 5.48. The van der Waals surface area contributed by atoms with Crippen LogP contribution in [0.4, 0.5) is 5.69 Å². The number of carbonyl (C=O) groups is 1. The van der Waals surface area contributed by atoms with Crippen molar-refractivity contribution in [2.24, 2.45) is 5.73 Å². The van der Waals surface area contributed by atoms with Gasteiger partial charge in [0.15, 0.2) is 0 Å². The summed E-state index contributed by atoms with van der Waals surface area (Å²) in [6, 6.07) is 7.98. The zero-order valence-electron chi connectivity index (χ0n) is 8.36. The van der Waals surface area contributed by atoms with Crippen LogP contribution in [0.3, 0.4) is 0 Å². The molecule has 76 valence electrons. The molecule has 1 aromatic carbocycles. The van der Waals surface area contributed by atoms with Crippen molar-refractivity contribution >= 4 is 23.5 Å². The molecule has 0 atom stereocenters. The average Bonchev–Trinajstić information content (AvgIpc) is 2.14. The summed E-state index contributed by atoms with van der Waals surface area (Å²) in [6.45, 7) is 2.26. The van der Waals surface area contributed by atoms with Crippen molar-refractivity contribution in [3.8, 4) is 0 Å². The van der Waals surface area contributed by atoms with E-state index in [0.29, 0.717) is 0 Å². The number of amides is 1. The molecule has 2 N–H and O–H groups in total. The molecular weight excluding hydrogens is 196 g/mol. The van der Waals surface area contributed by atoms with Gasteiger partial charge in [-0.15, -0.1) is 0 Å². The highest BCUT2D eigenvalue weighted by molar-refractivity contribution is 8.00. The van der Waals surface area contributed by atoms with Gasteiger partial charge in [0, 0.05) is 11.9 Å². The normalized spacial score (nSPS) is 9.86. The fourth-order valence-corrected chi connectivity index (χ4v) is 1.77. The molecule has 0 spiro atoms. The van der Waals surface area contributed by atoms with Gasteiger partial charge in [0.1, 0.15) is 6.54 Å². The number of primary amides is 1. The van der Waals surface area contributed by atoms with Crippen molar-refractivity contribution in [1.29, 1.82) is 0 Å². The maximum Gasteiger partial charge on any atom is 0.238 e. The van der Waals surface area contributed by atoms with Gasteiger partial charge in [-0.1, -0.05) is 24.1 Å². The molecule has 0 aliphatic rings. The van der Waals surface area contributed by atoms with Gasteiger partial charge in [-0.2, -0.15) is 0 Å². The molecule has 1 aromatic rings. The minimum atomic E-state index is -0.319. The van der Waals surface area contributed by atoms with E-state index in [-0.39, 0.29) is 12.5 Å². The molecule has 0 aromatic heterocycles. The molecule has 0 fully saturated rings. The number of hydrogen-bond donors (Lipinski definition) is 1. The summed E-state index contributed by atoms with van der Waals surface area (Å²) in [7, 11) is 0. The predicted octanol–water partition coefficient (Wildman–Crippen LogP) is 1.56. The fraction of sp³-hybridized carbons (Fsp3) is 0.300. The number of aryl methyl sites for hydroxylation is 1. The van der Waals surface area contributed by atoms with Crippen LogP contribution in [0, 0.1) is 6.92 Å². The van der Waals surface area contributed by atoms with Crippen LogP contribution in [0.15, 0.2) is 24.3 Å². The van der Waals surface area contributed by atoms with Gasteiger partial charge in [0.2, 0.25) is 5.91 Å². The third-order valence-corrected chi connectivity index (χ3v) is 2.59. The Morgan fingerprint density at radius 2 is 2.29 bits per heavy atom. The van der Waals surface area contributed by atoms with Gasteiger partial charge >= 0.3 is 0 Å². The topological polar surface area (TPSA) is 46.3 Å². The molecule has 0 bridgehead atoms. The highest BCUT2D eigenvalue weighted by Crippen LogP contribution is 2.20. The molecule has 0 aliphatic heterocycles. The quantitative estimate of drug-likeness (QED) is 0.767. The molecule has 14 heavy (non-hydrogen) atoms. The second-order valence-electron chi connectivity index (χ2n) is 3.02. The number of benzene rings is 1. The number of carbonyl (C=O) groups excluding carboxylic acids is 1. The van der Waals surface area contributed by atoms with E-state index in [0.717, 1.165) is 5.69 Å². The maximum atomic E-state index is 10.8. The molecule has 0 unspecified atom stereocenters. The number of nitrogens with two attached hydrogens (primary N) is 1. The summed E-state index contributed by atoms with van der Waals surface area (Å²) < 4.78 is 1.87. The number of nitrogens with zero attached hydrogens (tertiary/aromatic N) is 1. The highest BCUT2D eigenvalue weighted by atomic mass is 32.2. The van der Waals surface area contributed by atoms with Crippen molar-refractivity contribution in [1.82, 2.24) is 0 Å². The smallest absolute Gasteiger partial charge is 0.238 e. The third-order valence-electron chi connectivity index (χ3n) is 1.81. The molecule has 0 saturated heterocycles. The molecule has 4 heteroatoms. The number of rotatable bonds is 4. The Balaban J connectivity index is 2.83. The Labute approximate surface area is 88.4 Å². The van der Waals surface area contributed by atoms with Crippen molar-refractivity contribution in [3.63, 3.8) is 0 Å². The van der Waals surface area contributed by atoms with E-state index >= 15 is 0 Å². The van der Waals surface area contributed by atoms with Gasteiger partial charge in [-0.05, 0) is 24.6 Å². The minimum Gasteiger partial charge on any atom is -0.368 e. The molecule has 0 aliphatic carbocycles. The second-order valence-corrected chi connectivity index (χ2v) is 3.83. The van der Waals surface area contributed by atoms with E-state index in [9.17, 15) is 4.79 Å². The lowest BCUT2D eigenvalue weighted by Gasteiger charge is -2.19. The van der Waals surface area contributed by atoms with Crippen LogP contribution < -0.4 is 10.0 Å². The van der Waals surface area contributed by atoms with Crippen molar-refractivity contribution in [2.75, 3.05) is 17.1 Å². The lowest BCUT2D eigenvalue weighted by molar-refractivity contribution is -0.116. The van der Waals surface area contributed by atoms with Crippen LogP contribution in [-0.4, -0.2) is 18.7 Å². The van der Waals surface area contributed by atoms with E-state index in [1.807, 2.05) is 41.8 Å². The molecule has 1 amide bonds. The van der Waals surface area contributed by atoms with E-state index < -0.39 is 0 Å². The van der Waals surface area contributed by atoms with Crippen LogP contribution in [0.25, 0.3) is 0 Å². The number of hydrogen-bond acceptors (Lipinski definition) is 3. The molecule has 0 saturated carbocycles. The van der Waals surface area contributed by atoms with Crippen LogP contribution >= 0.6 is 11.9 Å². The lowest BCUT2D eigenvalue weighted by Crippen LogP contribution is -2.28. The molecular formula is C10H14N2OS. The standard InChI is InChI=1S/C10H14N2OS/c1-8-4-3-5-9(6-8)12(14-2)7-10(11)13/h3-6H,7H2,1-2H3,(H2,11,13). The zero-order valence-corrected chi connectivity index (χ0v) is 9.17. The summed E-state index contributed by atoms with van der Waals surface area (Å²) in [6.07, 6.45) is 1.92. The average molecular weight is 210 g/mol. The van der Waals surface area contributed by atoms with Gasteiger partial charge in [0.05, 0.1) is 0 Å². The minimum absolute atomic E-state index is 0.241. The largest absolute Gasteiger partial charge is 0.368 e. The lowest BCUT2D eigenvalue weighted by atomic mass is 10.2. The summed E-state index contributed by atoms with van der Waals surface area (Å²) in [5, 5.41) is 0. The first-order valence-electron chi connectivity index (χ1n) is 4.30. The first kappa shape index (κ1) is 10.9. The second kappa shape index (κ2) is 4.91. The van der Waals surface area contributed by atoms with Crippen LogP contribution in [-0.2, 0) is 4.79 Å². The van der Waals surface area contributed by atoms with E-state index in [1.165, 1.54) is 17.5 Å². The van der Waals surface area contributed by atoms with E-state index in [4.69, 9.17) is 5.73 Å². The van der Waals surface area contributed by atoms with Crippen LogP contribution in [0.2, 0.25) is 0 Å². The van der Waals surface area contributed by atoms with Crippen LogP contribution in [0.5, 0.6) is 0 Å².